The van der Waals surface area contributed by atoms with Gasteiger partial charge >= 0.3 is 0 Å². The third-order valence-corrected chi connectivity index (χ3v) is 7.98. The molecule has 32 heavy (non-hydrogen) atoms. The van der Waals surface area contributed by atoms with Gasteiger partial charge in [0, 0.05) is 31.2 Å². The smallest absolute Gasteiger partial charge is 0.269 e. The van der Waals surface area contributed by atoms with Gasteiger partial charge < -0.3 is 4.74 Å². The average Bonchev–Trinajstić information content (AvgIpc) is 3.33. The van der Waals surface area contributed by atoms with Gasteiger partial charge in [-0.25, -0.2) is 17.7 Å². The first-order valence-electron chi connectivity index (χ1n) is 10.9. The zero-order chi connectivity index (χ0) is 22.1. The van der Waals surface area contributed by atoms with Crippen molar-refractivity contribution in [1.29, 1.82) is 0 Å². The molecule has 1 saturated heterocycles. The Kier molecular flexibility index (Phi) is 5.57. The number of carbonyl (C=O) groups excluding carboxylic acids is 1. The lowest BCUT2D eigenvalue weighted by molar-refractivity contribution is 0.0869. The highest BCUT2D eigenvalue weighted by molar-refractivity contribution is 7.90. The number of sulfonamides is 1. The Bertz CT molecular complexity index is 1260. The van der Waals surface area contributed by atoms with Crippen LogP contribution in [0.3, 0.4) is 0 Å². The zero-order valence-electron chi connectivity index (χ0n) is 17.7. The van der Waals surface area contributed by atoms with Crippen LogP contribution in [0.2, 0.25) is 0 Å². The van der Waals surface area contributed by atoms with Crippen molar-refractivity contribution in [2.75, 3.05) is 26.2 Å². The minimum Gasteiger partial charge on any atom is -0.472 e. The van der Waals surface area contributed by atoms with Crippen molar-refractivity contribution in [2.45, 2.75) is 30.3 Å². The van der Waals surface area contributed by atoms with Crippen LogP contribution >= 0.6 is 0 Å². The van der Waals surface area contributed by atoms with Crippen molar-refractivity contribution in [3.05, 3.63) is 66.4 Å². The first-order chi connectivity index (χ1) is 15.5. The van der Waals surface area contributed by atoms with Crippen molar-refractivity contribution in [2.24, 2.45) is 0 Å². The van der Waals surface area contributed by atoms with E-state index in [1.165, 1.54) is 6.07 Å². The molecule has 166 valence electrons. The highest BCUT2D eigenvalue weighted by Gasteiger charge is 2.40. The van der Waals surface area contributed by atoms with E-state index >= 15 is 0 Å². The average molecular weight is 452 g/mol. The van der Waals surface area contributed by atoms with Gasteiger partial charge in [0.25, 0.3) is 15.9 Å². The molecule has 1 aromatic heterocycles. The lowest BCUT2D eigenvalue weighted by Gasteiger charge is -2.18. The molecule has 0 spiro atoms. The normalized spacial score (nSPS) is 20.1. The minimum absolute atomic E-state index is 0.0864. The van der Waals surface area contributed by atoms with Gasteiger partial charge in [0.1, 0.15) is 11.0 Å². The molecule has 5 rings (SSSR count). The maximum atomic E-state index is 12.6. The Morgan fingerprint density at radius 1 is 1.00 bits per heavy atom. The molecule has 8 heteroatoms. The summed E-state index contributed by atoms with van der Waals surface area (Å²) < 4.78 is 32.5. The molecule has 7 nitrogen and oxygen atoms in total. The summed E-state index contributed by atoms with van der Waals surface area (Å²) >= 11 is 0. The van der Waals surface area contributed by atoms with Crippen LogP contribution < -0.4 is 4.74 Å². The second-order valence-electron chi connectivity index (χ2n) is 8.25. The van der Waals surface area contributed by atoms with Crippen LogP contribution in [0.25, 0.3) is 10.8 Å². The SMILES string of the molecule is O=C1c2ccccc2S(=O)(=O)N1CCCCN1CCC(Oc2nccc3ccccc23)C1. The molecule has 3 heterocycles. The molecular weight excluding hydrogens is 426 g/mol. The molecule has 1 unspecified atom stereocenters. The second kappa shape index (κ2) is 8.52. The number of ether oxygens (including phenoxy) is 1. The fourth-order valence-electron chi connectivity index (χ4n) is 4.48. The van der Waals surface area contributed by atoms with E-state index in [1.54, 1.807) is 24.4 Å². The molecule has 2 aliphatic heterocycles. The quantitative estimate of drug-likeness (QED) is 0.513. The van der Waals surface area contributed by atoms with E-state index in [0.29, 0.717) is 12.3 Å². The van der Waals surface area contributed by atoms with Gasteiger partial charge in [-0.3, -0.25) is 9.69 Å². The van der Waals surface area contributed by atoms with Crippen molar-refractivity contribution in [3.8, 4) is 5.88 Å². The number of nitrogens with zero attached hydrogens (tertiary/aromatic N) is 3. The van der Waals surface area contributed by atoms with Gasteiger partial charge in [-0.15, -0.1) is 0 Å². The van der Waals surface area contributed by atoms with Gasteiger partial charge in [0.05, 0.1) is 5.56 Å². The lowest BCUT2D eigenvalue weighted by Crippen LogP contribution is -2.32. The fraction of sp³-hybridized carbons (Fsp3) is 0.333. The van der Waals surface area contributed by atoms with Crippen LogP contribution in [0.1, 0.15) is 29.6 Å². The summed E-state index contributed by atoms with van der Waals surface area (Å²) in [5.41, 5.74) is 0.272. The first-order valence-corrected chi connectivity index (χ1v) is 12.4. The Balaban J connectivity index is 1.12. The van der Waals surface area contributed by atoms with Gasteiger partial charge in [-0.05, 0) is 55.5 Å². The summed E-state index contributed by atoms with van der Waals surface area (Å²) in [7, 11) is -3.71. The Labute approximate surface area is 187 Å². The van der Waals surface area contributed by atoms with Crippen LogP contribution in [0.5, 0.6) is 5.88 Å². The topological polar surface area (TPSA) is 79.8 Å². The third-order valence-electron chi connectivity index (χ3n) is 6.14. The molecule has 0 bridgehead atoms. The number of unbranched alkanes of at least 4 members (excludes halogenated alkanes) is 1. The number of aromatic nitrogens is 1. The van der Waals surface area contributed by atoms with Gasteiger partial charge in [0.15, 0.2) is 0 Å². The molecule has 0 aliphatic carbocycles. The van der Waals surface area contributed by atoms with Gasteiger partial charge in [-0.1, -0.05) is 30.3 Å². The van der Waals surface area contributed by atoms with Crippen LogP contribution in [0.4, 0.5) is 0 Å². The fourth-order valence-corrected chi connectivity index (χ4v) is 6.09. The molecule has 0 N–H and O–H groups in total. The third kappa shape index (κ3) is 3.84. The zero-order valence-corrected chi connectivity index (χ0v) is 18.5. The summed E-state index contributed by atoms with van der Waals surface area (Å²) in [5.74, 6) is 0.255. The van der Waals surface area contributed by atoms with Crippen molar-refractivity contribution >= 4 is 26.7 Å². The number of carbonyl (C=O) groups is 1. The number of likely N-dealkylation sites (tertiary alicyclic amines) is 1. The molecule has 2 aliphatic rings. The number of pyridine rings is 1. The molecule has 0 saturated carbocycles. The van der Waals surface area contributed by atoms with Crippen molar-refractivity contribution in [1.82, 2.24) is 14.2 Å². The molecule has 3 aromatic rings. The van der Waals surface area contributed by atoms with Crippen molar-refractivity contribution in [3.63, 3.8) is 0 Å². The molecular formula is C24H25N3O4S. The van der Waals surface area contributed by atoms with E-state index in [4.69, 9.17) is 4.74 Å². The number of rotatable bonds is 7. The first kappa shape index (κ1) is 20.9. The van der Waals surface area contributed by atoms with E-state index < -0.39 is 15.9 Å². The molecule has 1 atom stereocenters. The highest BCUT2D eigenvalue weighted by atomic mass is 32.2. The monoisotopic (exact) mass is 451 g/mol. The predicted molar refractivity (Wildman–Crippen MR) is 121 cm³/mol. The maximum absolute atomic E-state index is 12.6. The summed E-state index contributed by atoms with van der Waals surface area (Å²) in [5, 5.41) is 2.13. The molecule has 0 radical (unpaired) electrons. The summed E-state index contributed by atoms with van der Waals surface area (Å²) in [6.45, 7) is 2.81. The summed E-state index contributed by atoms with van der Waals surface area (Å²) in [4.78, 5) is 19.3. The predicted octanol–water partition coefficient (Wildman–Crippen LogP) is 3.31. The second-order valence-corrected chi connectivity index (χ2v) is 10.1. The van der Waals surface area contributed by atoms with Crippen molar-refractivity contribution < 1.29 is 17.9 Å². The number of amides is 1. The molecule has 1 amide bonds. The van der Waals surface area contributed by atoms with Crippen LogP contribution in [-0.4, -0.2) is 60.8 Å². The molecule has 2 aromatic carbocycles. The van der Waals surface area contributed by atoms with Crippen LogP contribution in [0.15, 0.2) is 65.7 Å². The van der Waals surface area contributed by atoms with E-state index in [0.717, 1.165) is 47.6 Å². The summed E-state index contributed by atoms with van der Waals surface area (Å²) in [6.07, 6.45) is 4.24. The standard InChI is InChI=1S/C24H25N3O4S/c28-24-21-9-3-4-10-22(21)32(29,30)27(24)15-6-5-14-26-16-12-19(17-26)31-23-20-8-2-1-7-18(20)11-13-25-23/h1-4,7-11,13,19H,5-6,12,14-17H2. The number of benzene rings is 2. The van der Waals surface area contributed by atoms with E-state index in [-0.39, 0.29) is 23.1 Å². The van der Waals surface area contributed by atoms with Gasteiger partial charge in [0.2, 0.25) is 5.88 Å². The maximum Gasteiger partial charge on any atom is 0.269 e. The van der Waals surface area contributed by atoms with Crippen LogP contribution in [-0.2, 0) is 10.0 Å². The minimum atomic E-state index is -3.71. The number of hydrogen-bond acceptors (Lipinski definition) is 6. The van der Waals surface area contributed by atoms with E-state index in [1.807, 2.05) is 24.3 Å². The summed E-state index contributed by atoms with van der Waals surface area (Å²) in [6, 6.07) is 16.5. The van der Waals surface area contributed by atoms with Gasteiger partial charge in [-0.2, -0.15) is 0 Å². The largest absolute Gasteiger partial charge is 0.472 e. The van der Waals surface area contributed by atoms with E-state index in [9.17, 15) is 13.2 Å². The Hall–Kier alpha value is -2.97. The van der Waals surface area contributed by atoms with E-state index in [2.05, 4.69) is 16.0 Å². The Morgan fingerprint density at radius 2 is 1.78 bits per heavy atom. The number of fused-ring (bicyclic) bond motifs is 2. The molecule has 1 fully saturated rings. The number of hydrogen-bond donors (Lipinski definition) is 0. The highest BCUT2D eigenvalue weighted by Crippen LogP contribution is 2.30. The Morgan fingerprint density at radius 3 is 2.66 bits per heavy atom. The lowest BCUT2D eigenvalue weighted by atomic mass is 10.2. The van der Waals surface area contributed by atoms with Crippen LogP contribution in [0, 0.1) is 0 Å².